The number of rotatable bonds is 6. The summed E-state index contributed by atoms with van der Waals surface area (Å²) in [5, 5.41) is 0.523. The van der Waals surface area contributed by atoms with Gasteiger partial charge in [0.2, 0.25) is 11.8 Å². The van der Waals surface area contributed by atoms with Gasteiger partial charge in [-0.05, 0) is 49.3 Å². The lowest BCUT2D eigenvalue weighted by Crippen LogP contribution is -2.44. The Balaban J connectivity index is 1.31. The van der Waals surface area contributed by atoms with E-state index in [-0.39, 0.29) is 11.9 Å². The minimum absolute atomic E-state index is 0.00389. The van der Waals surface area contributed by atoms with Crippen molar-refractivity contribution < 1.29 is 14.3 Å². The van der Waals surface area contributed by atoms with E-state index in [1.54, 1.807) is 19.2 Å². The predicted molar refractivity (Wildman–Crippen MR) is 112 cm³/mol. The number of carbonyl (C=O) groups is 2. The third-order valence-corrected chi connectivity index (χ3v) is 6.64. The molecule has 0 spiro atoms. The molecule has 0 aromatic heterocycles. The van der Waals surface area contributed by atoms with Crippen molar-refractivity contribution in [3.05, 3.63) is 28.8 Å². The Morgan fingerprint density at radius 2 is 1.97 bits per heavy atom. The highest BCUT2D eigenvalue weighted by atomic mass is 35.5. The monoisotopic (exact) mass is 419 g/mol. The topological polar surface area (TPSA) is 53.1 Å². The van der Waals surface area contributed by atoms with Crippen LogP contribution < -0.4 is 4.74 Å². The van der Waals surface area contributed by atoms with Crippen LogP contribution in [0.1, 0.15) is 31.2 Å². The molecule has 2 aliphatic heterocycles. The lowest BCUT2D eigenvalue weighted by atomic mass is 10.1. The van der Waals surface area contributed by atoms with Crippen LogP contribution in [0.25, 0.3) is 0 Å². The molecular formula is C22H30ClN3O3. The molecule has 1 atom stereocenters. The van der Waals surface area contributed by atoms with Crippen LogP contribution in [0, 0.1) is 5.92 Å². The minimum atomic E-state index is 0.00389. The molecule has 3 fully saturated rings. The molecule has 0 unspecified atom stereocenters. The second-order valence-electron chi connectivity index (χ2n) is 8.45. The second kappa shape index (κ2) is 8.92. The lowest BCUT2D eigenvalue weighted by Gasteiger charge is -2.26. The number of ether oxygens (including phenoxy) is 1. The van der Waals surface area contributed by atoms with E-state index < -0.39 is 0 Å². The van der Waals surface area contributed by atoms with Gasteiger partial charge in [-0.3, -0.25) is 14.5 Å². The number of carbonyl (C=O) groups excluding carboxylic acids is 2. The largest absolute Gasteiger partial charge is 0.495 e. The quantitative estimate of drug-likeness (QED) is 0.710. The maximum Gasteiger partial charge on any atom is 0.240 e. The Kier molecular flexibility index (Phi) is 6.30. The van der Waals surface area contributed by atoms with E-state index in [9.17, 15) is 9.59 Å². The summed E-state index contributed by atoms with van der Waals surface area (Å²) in [7, 11) is 1.58. The summed E-state index contributed by atoms with van der Waals surface area (Å²) in [6.45, 7) is 4.89. The van der Waals surface area contributed by atoms with Crippen molar-refractivity contribution in [1.29, 1.82) is 0 Å². The average Bonchev–Trinajstić information content (AvgIpc) is 3.49. The molecule has 0 N–H and O–H groups in total. The third kappa shape index (κ3) is 4.86. The van der Waals surface area contributed by atoms with Crippen LogP contribution in [0.2, 0.25) is 5.02 Å². The van der Waals surface area contributed by atoms with Gasteiger partial charge in [-0.2, -0.15) is 0 Å². The van der Waals surface area contributed by atoms with Crippen LogP contribution in [-0.2, 0) is 16.0 Å². The summed E-state index contributed by atoms with van der Waals surface area (Å²) in [6, 6.07) is 5.49. The smallest absolute Gasteiger partial charge is 0.240 e. The normalized spacial score (nSPS) is 23.4. The fraction of sp³-hybridized carbons (Fsp3) is 0.636. The molecule has 2 heterocycles. The Labute approximate surface area is 177 Å². The maximum atomic E-state index is 12.8. The van der Waals surface area contributed by atoms with Gasteiger partial charge in [-0.15, -0.1) is 0 Å². The molecule has 1 aromatic rings. The van der Waals surface area contributed by atoms with E-state index in [0.29, 0.717) is 29.6 Å². The summed E-state index contributed by atoms with van der Waals surface area (Å²) in [6.07, 6.45) is 4.70. The first-order chi connectivity index (χ1) is 14.0. The number of methoxy groups -OCH3 is 1. The number of amides is 2. The zero-order chi connectivity index (χ0) is 20.4. The van der Waals surface area contributed by atoms with Gasteiger partial charge in [0, 0.05) is 39.3 Å². The fourth-order valence-electron chi connectivity index (χ4n) is 4.46. The van der Waals surface area contributed by atoms with Crippen molar-refractivity contribution in [2.24, 2.45) is 5.92 Å². The van der Waals surface area contributed by atoms with Gasteiger partial charge in [0.1, 0.15) is 5.75 Å². The van der Waals surface area contributed by atoms with Gasteiger partial charge in [0.05, 0.1) is 24.6 Å². The van der Waals surface area contributed by atoms with Crippen LogP contribution in [-0.4, -0.2) is 78.9 Å². The van der Waals surface area contributed by atoms with E-state index in [4.69, 9.17) is 16.3 Å². The molecular weight excluding hydrogens is 390 g/mol. The van der Waals surface area contributed by atoms with Crippen LogP contribution >= 0.6 is 11.6 Å². The van der Waals surface area contributed by atoms with Crippen molar-refractivity contribution in [1.82, 2.24) is 14.7 Å². The van der Waals surface area contributed by atoms with Crippen LogP contribution in [0.4, 0.5) is 0 Å². The predicted octanol–water partition coefficient (Wildman–Crippen LogP) is 2.44. The Morgan fingerprint density at radius 3 is 2.69 bits per heavy atom. The van der Waals surface area contributed by atoms with Crippen molar-refractivity contribution in [3.63, 3.8) is 0 Å². The second-order valence-corrected chi connectivity index (χ2v) is 8.86. The zero-order valence-electron chi connectivity index (χ0n) is 17.1. The molecule has 158 valence electrons. The van der Waals surface area contributed by atoms with E-state index in [2.05, 4.69) is 9.80 Å². The van der Waals surface area contributed by atoms with E-state index in [0.717, 1.165) is 57.0 Å². The van der Waals surface area contributed by atoms with Crippen molar-refractivity contribution >= 4 is 23.4 Å². The van der Waals surface area contributed by atoms with E-state index >= 15 is 0 Å². The average molecular weight is 420 g/mol. The van der Waals surface area contributed by atoms with E-state index in [1.165, 1.54) is 12.8 Å². The summed E-state index contributed by atoms with van der Waals surface area (Å²) >= 11 is 6.18. The highest BCUT2D eigenvalue weighted by Gasteiger charge is 2.38. The number of hydrogen-bond acceptors (Lipinski definition) is 4. The molecule has 1 saturated carbocycles. The molecule has 0 bridgehead atoms. The van der Waals surface area contributed by atoms with Crippen molar-refractivity contribution in [3.8, 4) is 5.75 Å². The standard InChI is InChI=1S/C22H30ClN3O3/c1-29-20-6-5-17(13-18(20)23)14-21(27)25-9-2-8-24(11-12-25)19-7-10-26(22(19)28)15-16-3-4-16/h5-6,13,16,19H,2-4,7-12,14-15H2,1H3/t19-/m1/s1. The van der Waals surface area contributed by atoms with Gasteiger partial charge >= 0.3 is 0 Å². The minimum Gasteiger partial charge on any atom is -0.495 e. The van der Waals surface area contributed by atoms with Crippen molar-refractivity contribution in [2.75, 3.05) is 46.4 Å². The lowest BCUT2D eigenvalue weighted by molar-refractivity contribution is -0.132. The molecule has 2 saturated heterocycles. The highest BCUT2D eigenvalue weighted by Crippen LogP contribution is 2.32. The summed E-state index contributed by atoms with van der Waals surface area (Å²) < 4.78 is 5.18. The molecule has 6 nitrogen and oxygen atoms in total. The highest BCUT2D eigenvalue weighted by molar-refractivity contribution is 6.32. The third-order valence-electron chi connectivity index (χ3n) is 6.34. The molecule has 2 amide bonds. The van der Waals surface area contributed by atoms with Gasteiger partial charge in [-0.25, -0.2) is 0 Å². The van der Waals surface area contributed by atoms with Crippen LogP contribution in [0.5, 0.6) is 5.75 Å². The molecule has 1 aliphatic carbocycles. The van der Waals surface area contributed by atoms with Gasteiger partial charge in [0.25, 0.3) is 0 Å². The Hall–Kier alpha value is -1.79. The SMILES string of the molecule is COc1ccc(CC(=O)N2CCCN([C@@H]3CCN(CC4CC4)C3=O)CC2)cc1Cl. The Morgan fingerprint density at radius 1 is 1.14 bits per heavy atom. The summed E-state index contributed by atoms with van der Waals surface area (Å²) in [5.74, 6) is 1.76. The molecule has 3 aliphatic rings. The molecule has 7 heteroatoms. The first kappa shape index (κ1) is 20.5. The van der Waals surface area contributed by atoms with Gasteiger partial charge in [0.15, 0.2) is 0 Å². The molecule has 29 heavy (non-hydrogen) atoms. The van der Waals surface area contributed by atoms with Crippen molar-refractivity contribution in [2.45, 2.75) is 38.1 Å². The summed E-state index contributed by atoms with van der Waals surface area (Å²) in [4.78, 5) is 31.9. The summed E-state index contributed by atoms with van der Waals surface area (Å²) in [5.41, 5.74) is 0.892. The first-order valence-electron chi connectivity index (χ1n) is 10.7. The number of halogens is 1. The molecule has 4 rings (SSSR count). The fourth-order valence-corrected chi connectivity index (χ4v) is 4.74. The Bertz CT molecular complexity index is 768. The van der Waals surface area contributed by atoms with Crippen LogP contribution in [0.15, 0.2) is 18.2 Å². The number of likely N-dealkylation sites (tertiary alicyclic amines) is 1. The van der Waals surface area contributed by atoms with Gasteiger partial charge < -0.3 is 14.5 Å². The van der Waals surface area contributed by atoms with Gasteiger partial charge in [-0.1, -0.05) is 17.7 Å². The first-order valence-corrected chi connectivity index (χ1v) is 11.1. The number of benzene rings is 1. The number of hydrogen-bond donors (Lipinski definition) is 0. The maximum absolute atomic E-state index is 12.8. The number of nitrogens with zero attached hydrogens (tertiary/aromatic N) is 3. The zero-order valence-corrected chi connectivity index (χ0v) is 17.9. The molecule has 1 aromatic carbocycles. The van der Waals surface area contributed by atoms with E-state index in [1.807, 2.05) is 11.0 Å². The van der Waals surface area contributed by atoms with Crippen LogP contribution in [0.3, 0.4) is 0 Å². The molecule has 0 radical (unpaired) electrons.